The summed E-state index contributed by atoms with van der Waals surface area (Å²) in [7, 11) is 1.91. The fourth-order valence-corrected chi connectivity index (χ4v) is 3.53. The molecule has 5 nitrogen and oxygen atoms in total. The summed E-state index contributed by atoms with van der Waals surface area (Å²) in [5, 5.41) is 16.0. The molecule has 0 spiro atoms. The van der Waals surface area contributed by atoms with Crippen molar-refractivity contribution in [2.75, 3.05) is 24.7 Å². The van der Waals surface area contributed by atoms with Crippen LogP contribution in [0.25, 0.3) is 11.1 Å². The number of benzene rings is 2. The van der Waals surface area contributed by atoms with Crippen molar-refractivity contribution in [3.05, 3.63) is 95.4 Å². The Bertz CT molecular complexity index is 1010. The van der Waals surface area contributed by atoms with Crippen LogP contribution in [0.1, 0.15) is 11.1 Å². The highest BCUT2D eigenvalue weighted by atomic mass is 35.5. The first-order chi connectivity index (χ1) is 15.2. The average Bonchev–Trinajstić information content (AvgIpc) is 2.81. The Kier molecular flexibility index (Phi) is 8.97. The van der Waals surface area contributed by atoms with Crippen molar-refractivity contribution in [1.29, 1.82) is 5.41 Å². The third-order valence-corrected chi connectivity index (χ3v) is 5.50. The fraction of sp³-hybridized carbons (Fsp3) is 0.167. The highest BCUT2D eigenvalue weighted by molar-refractivity contribution is 7.97. The lowest BCUT2D eigenvalue weighted by molar-refractivity contribution is 0.864. The number of nitrogens with one attached hydrogen (secondary N) is 4. The van der Waals surface area contributed by atoms with Crippen LogP contribution in [0, 0.1) is 5.41 Å². The zero-order chi connectivity index (χ0) is 21.9. The van der Waals surface area contributed by atoms with E-state index < -0.39 is 0 Å². The monoisotopic (exact) mass is 451 g/mol. The van der Waals surface area contributed by atoms with Crippen LogP contribution < -0.4 is 15.4 Å². The minimum absolute atomic E-state index is 0.429. The Hall–Kier alpha value is -2.80. The molecule has 1 heterocycles. The number of hydrogen-bond acceptors (Lipinski definition) is 6. The van der Waals surface area contributed by atoms with Gasteiger partial charge in [-0.3, -0.25) is 9.71 Å². The number of hydrogen-bond donors (Lipinski definition) is 4. The van der Waals surface area contributed by atoms with Crippen molar-refractivity contribution in [2.24, 2.45) is 0 Å². The number of halogens is 1. The minimum atomic E-state index is 0.429. The van der Waals surface area contributed by atoms with E-state index in [1.54, 1.807) is 24.2 Å². The first-order valence-electron chi connectivity index (χ1n) is 9.97. The van der Waals surface area contributed by atoms with Gasteiger partial charge in [-0.2, -0.15) is 0 Å². The Labute approximate surface area is 193 Å². The molecular weight excluding hydrogens is 426 g/mol. The molecule has 2 aromatic carbocycles. The maximum Gasteiger partial charge on any atom is 0.0647 e. The summed E-state index contributed by atoms with van der Waals surface area (Å²) in [5.74, 6) is 0.921. The molecule has 0 aliphatic carbocycles. The zero-order valence-corrected chi connectivity index (χ0v) is 18.9. The van der Waals surface area contributed by atoms with E-state index >= 15 is 0 Å². The van der Waals surface area contributed by atoms with E-state index in [4.69, 9.17) is 17.0 Å². The van der Waals surface area contributed by atoms with Gasteiger partial charge in [-0.15, -0.1) is 0 Å². The van der Waals surface area contributed by atoms with Gasteiger partial charge in [0.1, 0.15) is 0 Å². The fourth-order valence-electron chi connectivity index (χ4n) is 2.99. The van der Waals surface area contributed by atoms with E-state index in [9.17, 15) is 0 Å². The van der Waals surface area contributed by atoms with Crippen LogP contribution in [0.5, 0.6) is 0 Å². The maximum absolute atomic E-state index is 8.65. The predicted molar refractivity (Wildman–Crippen MR) is 134 cm³/mol. The van der Waals surface area contributed by atoms with Gasteiger partial charge in [0.15, 0.2) is 0 Å². The highest BCUT2D eigenvalue weighted by Gasteiger charge is 2.09. The molecule has 160 valence electrons. The Morgan fingerprint density at radius 2 is 1.94 bits per heavy atom. The first kappa shape index (κ1) is 22.9. The van der Waals surface area contributed by atoms with Crippen molar-refractivity contribution in [2.45, 2.75) is 6.54 Å². The lowest BCUT2D eigenvalue weighted by Crippen LogP contribution is -2.11. The van der Waals surface area contributed by atoms with Crippen LogP contribution in [0.15, 0.2) is 79.3 Å². The van der Waals surface area contributed by atoms with E-state index in [0.29, 0.717) is 17.3 Å². The van der Waals surface area contributed by atoms with Gasteiger partial charge in [-0.25, -0.2) is 0 Å². The van der Waals surface area contributed by atoms with Crippen molar-refractivity contribution < 1.29 is 0 Å². The van der Waals surface area contributed by atoms with E-state index in [1.165, 1.54) is 0 Å². The summed E-state index contributed by atoms with van der Waals surface area (Å²) in [6.07, 6.45) is 7.18. The molecule has 3 aromatic rings. The van der Waals surface area contributed by atoms with Gasteiger partial charge in [0.2, 0.25) is 0 Å². The highest BCUT2D eigenvalue weighted by Crippen LogP contribution is 2.27. The van der Waals surface area contributed by atoms with Crippen molar-refractivity contribution >= 4 is 34.9 Å². The summed E-state index contributed by atoms with van der Waals surface area (Å²) < 4.78 is 3.07. The number of allylic oxidation sites excluding steroid dienone is 1. The Morgan fingerprint density at radius 3 is 2.68 bits per heavy atom. The van der Waals surface area contributed by atoms with Gasteiger partial charge >= 0.3 is 0 Å². The Morgan fingerprint density at radius 1 is 1.13 bits per heavy atom. The van der Waals surface area contributed by atoms with Gasteiger partial charge < -0.3 is 16.0 Å². The largest absolute Gasteiger partial charge is 0.387 e. The number of rotatable bonds is 11. The number of nitrogens with zero attached hydrogens (tertiary/aromatic N) is 1. The molecule has 7 heteroatoms. The van der Waals surface area contributed by atoms with Crippen LogP contribution in [-0.2, 0) is 6.54 Å². The average molecular weight is 452 g/mol. The smallest absolute Gasteiger partial charge is 0.0647 e. The third kappa shape index (κ3) is 7.14. The van der Waals surface area contributed by atoms with Crippen LogP contribution in [-0.4, -0.2) is 30.0 Å². The third-order valence-electron chi connectivity index (χ3n) is 4.55. The molecule has 0 saturated carbocycles. The molecule has 0 bridgehead atoms. The van der Waals surface area contributed by atoms with Gasteiger partial charge in [0.25, 0.3) is 0 Å². The second-order valence-electron chi connectivity index (χ2n) is 6.74. The topological polar surface area (TPSA) is 72.8 Å². The van der Waals surface area contributed by atoms with Crippen molar-refractivity contribution in [3.63, 3.8) is 0 Å². The zero-order valence-electron chi connectivity index (χ0n) is 17.4. The lowest BCUT2D eigenvalue weighted by atomic mass is 9.99. The molecule has 4 N–H and O–H groups in total. The SMILES string of the molecule is CNSCCNc1ccc(-c2ccc(Cl)cc2)cc1C(=N)/C=C\NCc1cccnc1. The summed E-state index contributed by atoms with van der Waals surface area (Å²) in [6.45, 7) is 1.46. The molecule has 0 saturated heterocycles. The minimum Gasteiger partial charge on any atom is -0.387 e. The molecule has 0 unspecified atom stereocenters. The number of anilines is 1. The molecule has 0 amide bonds. The summed E-state index contributed by atoms with van der Waals surface area (Å²) in [5.41, 5.74) is 5.42. The second-order valence-corrected chi connectivity index (χ2v) is 8.28. The van der Waals surface area contributed by atoms with E-state index in [1.807, 2.05) is 68.0 Å². The van der Waals surface area contributed by atoms with Crippen molar-refractivity contribution in [1.82, 2.24) is 15.0 Å². The molecule has 0 aliphatic heterocycles. The molecule has 31 heavy (non-hydrogen) atoms. The molecule has 0 fully saturated rings. The lowest BCUT2D eigenvalue weighted by Gasteiger charge is -2.14. The van der Waals surface area contributed by atoms with Crippen LogP contribution >= 0.6 is 23.5 Å². The molecule has 1 aromatic heterocycles. The van der Waals surface area contributed by atoms with Gasteiger partial charge in [-0.1, -0.05) is 47.8 Å². The normalized spacial score (nSPS) is 10.9. The maximum atomic E-state index is 8.65. The van der Waals surface area contributed by atoms with Crippen LogP contribution in [0.2, 0.25) is 5.02 Å². The summed E-state index contributed by atoms with van der Waals surface area (Å²) in [6, 6.07) is 17.8. The molecule has 3 rings (SSSR count). The number of aromatic nitrogens is 1. The second kappa shape index (κ2) is 12.2. The Balaban J connectivity index is 1.76. The molecular formula is C24H26ClN5S. The predicted octanol–water partition coefficient (Wildman–Crippen LogP) is 5.35. The van der Waals surface area contributed by atoms with Crippen molar-refractivity contribution in [3.8, 4) is 11.1 Å². The standard InChI is InChI=1S/C24H26ClN5S/c1-27-31-14-13-30-24-9-6-20(19-4-7-21(25)8-5-19)15-22(24)23(26)10-12-29-17-18-3-2-11-28-16-18/h2-12,15-16,26-27,29-30H,13-14,17H2,1H3/b12-10-,26-23?. The van der Waals surface area contributed by atoms with Crippen LogP contribution in [0.3, 0.4) is 0 Å². The summed E-state index contributed by atoms with van der Waals surface area (Å²) >= 11 is 7.68. The molecule has 0 aliphatic rings. The summed E-state index contributed by atoms with van der Waals surface area (Å²) in [4.78, 5) is 4.11. The van der Waals surface area contributed by atoms with Crippen LogP contribution in [0.4, 0.5) is 5.69 Å². The van der Waals surface area contributed by atoms with Gasteiger partial charge in [0.05, 0.1) is 5.71 Å². The van der Waals surface area contributed by atoms with E-state index in [-0.39, 0.29) is 0 Å². The molecule has 0 radical (unpaired) electrons. The van der Waals surface area contributed by atoms with Gasteiger partial charge in [0, 0.05) is 47.5 Å². The van der Waals surface area contributed by atoms with Gasteiger partial charge in [-0.05, 0) is 66.3 Å². The first-order valence-corrected chi connectivity index (χ1v) is 11.3. The molecule has 0 atom stereocenters. The quantitative estimate of drug-likeness (QED) is 0.179. The van der Waals surface area contributed by atoms with E-state index in [0.717, 1.165) is 40.2 Å². The van der Waals surface area contributed by atoms with E-state index in [2.05, 4.69) is 26.4 Å². The number of pyridine rings is 1.